The highest BCUT2D eigenvalue weighted by atomic mass is 19.1. The molecule has 184 valence electrons. The van der Waals surface area contributed by atoms with Gasteiger partial charge in [0.05, 0.1) is 34.2 Å². The lowest BCUT2D eigenvalue weighted by molar-refractivity contribution is 0.536. The van der Waals surface area contributed by atoms with Crippen molar-refractivity contribution >= 4 is 10.9 Å². The van der Waals surface area contributed by atoms with Gasteiger partial charge in [-0.25, -0.2) is 18.3 Å². The second-order valence-corrected chi connectivity index (χ2v) is 9.12. The van der Waals surface area contributed by atoms with Gasteiger partial charge in [0, 0.05) is 48.1 Å². The molecule has 5 aromatic rings. The molecule has 0 aliphatic carbocycles. The number of halogens is 2. The van der Waals surface area contributed by atoms with Crippen LogP contribution in [0.15, 0.2) is 47.7 Å². The number of hydrogen-bond donors (Lipinski definition) is 1. The molecule has 1 N–H and O–H groups in total. The molecule has 3 aromatic heterocycles. The van der Waals surface area contributed by atoms with Crippen molar-refractivity contribution in [3.63, 3.8) is 0 Å². The molecule has 0 unspecified atom stereocenters. The van der Waals surface area contributed by atoms with Crippen LogP contribution in [0.1, 0.15) is 39.5 Å². The van der Waals surface area contributed by atoms with Gasteiger partial charge in [0.25, 0.3) is 0 Å². The summed E-state index contributed by atoms with van der Waals surface area (Å²) in [7, 11) is 0. The number of aryl methyl sites for hydroxylation is 3. The van der Waals surface area contributed by atoms with Crippen molar-refractivity contribution in [2.24, 2.45) is 6.98 Å². The van der Waals surface area contributed by atoms with Crippen LogP contribution in [-0.2, 0) is 13.4 Å². The van der Waals surface area contributed by atoms with E-state index in [1.165, 1.54) is 29.1 Å². The van der Waals surface area contributed by atoms with Crippen molar-refractivity contribution in [3.8, 4) is 17.2 Å². The molecule has 8 nitrogen and oxygen atoms in total. The molecule has 1 aliphatic rings. The molecular weight excluding hydrogens is 464 g/mol. The maximum atomic E-state index is 15.6. The molecule has 2 aromatic carbocycles. The first-order valence-electron chi connectivity index (χ1n) is 13.1. The molecule has 0 amide bonds. The molecule has 0 spiro atoms. The van der Waals surface area contributed by atoms with Crippen molar-refractivity contribution in [1.29, 1.82) is 0 Å². The van der Waals surface area contributed by atoms with Gasteiger partial charge in [0.2, 0.25) is 0 Å². The fourth-order valence-electron chi connectivity index (χ4n) is 5.02. The number of benzene rings is 2. The zero-order valence-electron chi connectivity index (χ0n) is 22.9. The van der Waals surface area contributed by atoms with Gasteiger partial charge in [0.1, 0.15) is 11.6 Å². The Morgan fingerprint density at radius 2 is 1.86 bits per heavy atom. The number of nitrogens with zero attached hydrogens (tertiary/aromatic N) is 6. The predicted molar refractivity (Wildman–Crippen MR) is 132 cm³/mol. The second-order valence-electron chi connectivity index (χ2n) is 9.12. The Morgan fingerprint density at radius 1 is 1.11 bits per heavy atom. The van der Waals surface area contributed by atoms with E-state index in [0.29, 0.717) is 29.1 Å². The molecule has 1 aliphatic heterocycles. The number of nitrogens with one attached hydrogen (secondary N) is 1. The van der Waals surface area contributed by atoms with Crippen molar-refractivity contribution in [3.05, 3.63) is 87.4 Å². The summed E-state index contributed by atoms with van der Waals surface area (Å²) >= 11 is 0. The van der Waals surface area contributed by atoms with Crippen LogP contribution in [0.4, 0.5) is 8.78 Å². The molecule has 6 rings (SSSR count). The first-order chi connectivity index (χ1) is 18.5. The summed E-state index contributed by atoms with van der Waals surface area (Å²) in [4.78, 5) is 13.8. The summed E-state index contributed by atoms with van der Waals surface area (Å²) in [5.41, 5.74) is 2.66. The van der Waals surface area contributed by atoms with E-state index in [4.69, 9.17) is 9.21 Å². The second kappa shape index (κ2) is 7.99. The molecule has 0 bridgehead atoms. The quantitative estimate of drug-likeness (QED) is 0.416. The predicted octanol–water partition coefficient (Wildman–Crippen LogP) is 3.80. The topological polar surface area (TPSA) is 74.6 Å². The van der Waals surface area contributed by atoms with Gasteiger partial charge in [0.15, 0.2) is 5.82 Å². The smallest absolute Gasteiger partial charge is 0.310 e. The van der Waals surface area contributed by atoms with E-state index in [9.17, 15) is 9.18 Å². The number of hydrogen-bond acceptors (Lipinski definition) is 4. The maximum absolute atomic E-state index is 15.6. The monoisotopic (exact) mass is 492 g/mol. The summed E-state index contributed by atoms with van der Waals surface area (Å²) in [5, 5.41) is 12.0. The van der Waals surface area contributed by atoms with Crippen LogP contribution in [0.2, 0.25) is 0 Å². The van der Waals surface area contributed by atoms with E-state index >= 15 is 4.39 Å². The third kappa shape index (κ3) is 3.17. The number of fused-ring (bicyclic) bond motifs is 2. The highest BCUT2D eigenvalue weighted by Gasteiger charge is 2.29. The molecule has 10 heteroatoms. The Hall–Kier alpha value is -4.05. The summed E-state index contributed by atoms with van der Waals surface area (Å²) in [6, 6.07) is 6.03. The van der Waals surface area contributed by atoms with Gasteiger partial charge in [-0.2, -0.15) is 10.2 Å². The Morgan fingerprint density at radius 3 is 2.61 bits per heavy atom. The minimum absolute atomic E-state index is 0.0132. The zero-order valence-corrected chi connectivity index (χ0v) is 19.9. The van der Waals surface area contributed by atoms with E-state index in [2.05, 4.69) is 10.4 Å². The first kappa shape index (κ1) is 19.2. The Balaban J connectivity index is 1.55. The number of imidazole rings is 1. The lowest BCUT2D eigenvalue weighted by Crippen LogP contribution is -2.30. The third-order valence-electron chi connectivity index (χ3n) is 6.82. The minimum atomic E-state index is -2.57. The Labute approximate surface area is 209 Å². The van der Waals surface area contributed by atoms with Gasteiger partial charge in [-0.05, 0) is 56.2 Å². The van der Waals surface area contributed by atoms with Crippen LogP contribution in [-0.4, -0.2) is 35.2 Å². The minimum Gasteiger partial charge on any atom is -0.310 e. The van der Waals surface area contributed by atoms with E-state index < -0.39 is 18.5 Å². The normalized spacial score (nSPS) is 17.1. The van der Waals surface area contributed by atoms with E-state index in [1.807, 2.05) is 6.92 Å². The van der Waals surface area contributed by atoms with Gasteiger partial charge in [-0.1, -0.05) is 0 Å². The van der Waals surface area contributed by atoms with Gasteiger partial charge >= 0.3 is 5.69 Å². The Kier molecular flexibility index (Phi) is 4.26. The fraction of sp³-hybridized carbons (Fsp3) is 0.269. The summed E-state index contributed by atoms with van der Waals surface area (Å²) in [6.45, 7) is 3.48. The average molecular weight is 493 g/mol. The van der Waals surface area contributed by atoms with Crippen LogP contribution in [0.25, 0.3) is 28.1 Å². The Bertz CT molecular complexity index is 1810. The van der Waals surface area contributed by atoms with E-state index in [0.717, 1.165) is 33.2 Å². The molecule has 0 saturated heterocycles. The van der Waals surface area contributed by atoms with Crippen molar-refractivity contribution < 1.29 is 12.9 Å². The van der Waals surface area contributed by atoms with Crippen LogP contribution < -0.4 is 11.0 Å². The lowest BCUT2D eigenvalue weighted by Gasteiger charge is -2.21. The largest absolute Gasteiger partial charge is 0.338 e. The molecule has 36 heavy (non-hydrogen) atoms. The number of aromatic nitrogens is 6. The summed E-state index contributed by atoms with van der Waals surface area (Å²) in [6.07, 6.45) is 4.77. The fourth-order valence-corrected chi connectivity index (χ4v) is 5.02. The highest BCUT2D eigenvalue weighted by Crippen LogP contribution is 2.32. The van der Waals surface area contributed by atoms with Gasteiger partial charge in [-0.3, -0.25) is 13.8 Å². The molecule has 4 heterocycles. The average Bonchev–Trinajstić information content (AvgIpc) is 3.58. The lowest BCUT2D eigenvalue weighted by atomic mass is 10.0. The summed E-state index contributed by atoms with van der Waals surface area (Å²) < 4.78 is 57.9. The van der Waals surface area contributed by atoms with Crippen molar-refractivity contribution in [1.82, 2.24) is 34.0 Å². The van der Waals surface area contributed by atoms with Gasteiger partial charge < -0.3 is 5.32 Å². The van der Waals surface area contributed by atoms with Crippen molar-refractivity contribution in [2.75, 3.05) is 6.54 Å². The molecule has 0 saturated carbocycles. The summed E-state index contributed by atoms with van der Waals surface area (Å²) in [5.74, 6) is -0.586. The van der Waals surface area contributed by atoms with Crippen LogP contribution in [0, 0.1) is 25.5 Å². The standard InChI is InChI=1S/C26H25F2N7O/c1-14-11-17(12-15(2)23(14)27)35-25(22-16(3)29-8-7-19(22)31-35)34-10-9-33(26(34)36)21-6-5-20-18(24(21)28)13-30-32(20)4/h5-6,9-13,16,29H,7-8H2,1-4H3/t16-/m0/s1/i4D3. The van der Waals surface area contributed by atoms with Crippen molar-refractivity contribution in [2.45, 2.75) is 33.2 Å². The molecule has 1 atom stereocenters. The van der Waals surface area contributed by atoms with E-state index in [1.54, 1.807) is 30.7 Å². The zero-order chi connectivity index (χ0) is 27.8. The molecular formula is C26H25F2N7O. The van der Waals surface area contributed by atoms with E-state index in [-0.39, 0.29) is 28.4 Å². The highest BCUT2D eigenvalue weighted by molar-refractivity contribution is 5.81. The first-order valence-corrected chi connectivity index (χ1v) is 11.6. The number of rotatable bonds is 3. The molecule has 0 radical (unpaired) electrons. The third-order valence-corrected chi connectivity index (χ3v) is 6.82. The van der Waals surface area contributed by atoms with Gasteiger partial charge in [-0.15, -0.1) is 0 Å². The molecule has 0 fully saturated rings. The maximum Gasteiger partial charge on any atom is 0.338 e. The van der Waals surface area contributed by atoms with Crippen LogP contribution in [0.5, 0.6) is 0 Å². The SMILES string of the molecule is [2H]C([2H])([2H])n1ncc2c(F)c(-n3ccn(-c4c5c(nn4-c4cc(C)c(F)c(C)c4)CCN[C@H]5C)c3=O)ccc21. The van der Waals surface area contributed by atoms with Crippen LogP contribution >= 0.6 is 0 Å². The van der Waals surface area contributed by atoms with Crippen LogP contribution in [0.3, 0.4) is 0 Å².